The predicted molar refractivity (Wildman–Crippen MR) is 144 cm³/mol. The first-order valence-corrected chi connectivity index (χ1v) is 12.6. The molecule has 36 heavy (non-hydrogen) atoms. The fourth-order valence-corrected chi connectivity index (χ4v) is 5.99. The minimum Gasteiger partial charge on any atom is -0.497 e. The van der Waals surface area contributed by atoms with E-state index < -0.39 is 0 Å². The molecule has 7 heteroatoms. The summed E-state index contributed by atoms with van der Waals surface area (Å²) in [4.78, 5) is 32.8. The third kappa shape index (κ3) is 3.78. The number of hydrogen-bond acceptors (Lipinski definition) is 6. The zero-order valence-corrected chi connectivity index (χ0v) is 20.5. The Morgan fingerprint density at radius 2 is 1.67 bits per heavy atom. The number of nitrogens with one attached hydrogen (secondary N) is 1. The monoisotopic (exact) mass is 493 g/mol. The number of para-hydroxylation sites is 2. The van der Waals surface area contributed by atoms with Crippen LogP contribution in [0.4, 0.5) is 10.7 Å². The first-order chi connectivity index (χ1) is 17.6. The maximum atomic E-state index is 13.8. The van der Waals surface area contributed by atoms with E-state index >= 15 is 0 Å². The average molecular weight is 494 g/mol. The van der Waals surface area contributed by atoms with Crippen LogP contribution < -0.4 is 15.6 Å². The summed E-state index contributed by atoms with van der Waals surface area (Å²) in [6.07, 6.45) is 2.05. The number of hydrogen-bond donors (Lipinski definition) is 1. The highest BCUT2D eigenvalue weighted by Crippen LogP contribution is 2.44. The Morgan fingerprint density at radius 1 is 0.917 bits per heavy atom. The maximum absolute atomic E-state index is 13.8. The lowest BCUT2D eigenvalue weighted by atomic mass is 9.91. The number of ether oxygens (including phenoxy) is 1. The van der Waals surface area contributed by atoms with Gasteiger partial charge in [0.1, 0.15) is 10.8 Å². The largest absolute Gasteiger partial charge is 0.497 e. The molecule has 0 unspecified atom stereocenters. The number of nitrogens with zero attached hydrogens (tertiary/aromatic N) is 2. The Morgan fingerprint density at radius 3 is 2.44 bits per heavy atom. The molecule has 6 nitrogen and oxygen atoms in total. The summed E-state index contributed by atoms with van der Waals surface area (Å²) in [6, 6.07) is 24.6. The molecule has 0 aliphatic heterocycles. The van der Waals surface area contributed by atoms with Crippen LogP contribution in [0, 0.1) is 0 Å². The van der Waals surface area contributed by atoms with Crippen LogP contribution in [0.5, 0.6) is 5.75 Å². The summed E-state index contributed by atoms with van der Waals surface area (Å²) in [6.45, 7) is 0. The Kier molecular flexibility index (Phi) is 5.62. The highest BCUT2D eigenvalue weighted by Gasteiger charge is 2.30. The third-order valence-corrected chi connectivity index (χ3v) is 7.60. The summed E-state index contributed by atoms with van der Waals surface area (Å²) in [5.41, 5.74) is 3.75. The topological polar surface area (TPSA) is 73.2 Å². The van der Waals surface area contributed by atoms with Gasteiger partial charge in [-0.25, -0.2) is 4.98 Å². The lowest BCUT2D eigenvalue weighted by Crippen LogP contribution is -2.22. The molecular weight excluding hydrogens is 470 g/mol. The number of fused-ring (bicyclic) bond motifs is 2. The van der Waals surface area contributed by atoms with E-state index in [4.69, 9.17) is 9.72 Å². The second kappa shape index (κ2) is 9.09. The molecule has 0 fully saturated rings. The molecule has 1 N–H and O–H groups in total. The van der Waals surface area contributed by atoms with Gasteiger partial charge in [-0.1, -0.05) is 30.3 Å². The lowest BCUT2D eigenvalue weighted by Gasteiger charge is -2.16. The minimum atomic E-state index is -0.150. The van der Waals surface area contributed by atoms with Gasteiger partial charge in [0.2, 0.25) is 0 Å². The number of carbonyl (C=O) groups excluding carboxylic acids is 1. The van der Waals surface area contributed by atoms with Gasteiger partial charge >= 0.3 is 0 Å². The van der Waals surface area contributed by atoms with Gasteiger partial charge in [-0.15, -0.1) is 11.3 Å². The molecule has 0 radical (unpaired) electrons. The molecule has 2 heterocycles. The number of benzene rings is 3. The Bertz CT molecular complexity index is 1650. The molecule has 3 aromatic carbocycles. The zero-order valence-electron chi connectivity index (χ0n) is 19.7. The molecule has 0 atom stereocenters. The summed E-state index contributed by atoms with van der Waals surface area (Å²) >= 11 is 1.48. The molecule has 1 aliphatic rings. The molecule has 0 amide bonds. The number of aromatic nitrogens is 2. The van der Waals surface area contributed by atoms with Gasteiger partial charge in [-0.2, -0.15) is 0 Å². The second-order valence-corrected chi connectivity index (χ2v) is 9.69. The normalized spacial score (nSPS) is 13.0. The van der Waals surface area contributed by atoms with Gasteiger partial charge in [0.05, 0.1) is 34.1 Å². The van der Waals surface area contributed by atoms with Gasteiger partial charge in [0.15, 0.2) is 11.6 Å². The van der Waals surface area contributed by atoms with Crippen molar-refractivity contribution in [3.05, 3.63) is 100 Å². The molecular formula is C29H23N3O3S. The Balaban J connectivity index is 1.62. The molecule has 6 rings (SSSR count). The van der Waals surface area contributed by atoms with E-state index in [1.807, 2.05) is 72.8 Å². The smallest absolute Gasteiger partial charge is 0.266 e. The summed E-state index contributed by atoms with van der Waals surface area (Å²) < 4.78 is 6.97. The van der Waals surface area contributed by atoms with Crippen LogP contribution in [0.3, 0.4) is 0 Å². The van der Waals surface area contributed by atoms with Crippen molar-refractivity contribution < 1.29 is 9.53 Å². The molecule has 0 saturated heterocycles. The number of ketones is 1. The van der Waals surface area contributed by atoms with Gasteiger partial charge in [0.25, 0.3) is 5.56 Å². The third-order valence-electron chi connectivity index (χ3n) is 6.46. The summed E-state index contributed by atoms with van der Waals surface area (Å²) in [5.74, 6) is 1.37. The van der Waals surface area contributed by atoms with E-state index in [0.717, 1.165) is 34.0 Å². The minimum absolute atomic E-state index is 0.122. The van der Waals surface area contributed by atoms with Crippen molar-refractivity contribution in [3.63, 3.8) is 0 Å². The van der Waals surface area contributed by atoms with Crippen molar-refractivity contribution >= 4 is 38.7 Å². The Labute approximate surface area is 211 Å². The van der Waals surface area contributed by atoms with Crippen molar-refractivity contribution in [3.8, 4) is 22.1 Å². The quantitative estimate of drug-likeness (QED) is 0.307. The first kappa shape index (κ1) is 22.2. The summed E-state index contributed by atoms with van der Waals surface area (Å²) in [5, 5.41) is 4.78. The highest BCUT2D eigenvalue weighted by molar-refractivity contribution is 7.20. The number of anilines is 2. The van der Waals surface area contributed by atoms with E-state index in [1.165, 1.54) is 11.3 Å². The molecule has 2 aromatic heterocycles. The first-order valence-electron chi connectivity index (χ1n) is 11.8. The van der Waals surface area contributed by atoms with Crippen LogP contribution >= 0.6 is 11.3 Å². The van der Waals surface area contributed by atoms with Crippen LogP contribution in [0.1, 0.15) is 28.8 Å². The van der Waals surface area contributed by atoms with E-state index in [9.17, 15) is 9.59 Å². The molecule has 0 bridgehead atoms. The fraction of sp³-hybridized carbons (Fsp3) is 0.138. The van der Waals surface area contributed by atoms with Crippen molar-refractivity contribution in [2.45, 2.75) is 19.3 Å². The number of Topliss-reactive ketones (excluding diaryl/α,β-unsaturated/α-hetero) is 1. The fourth-order valence-electron chi connectivity index (χ4n) is 4.73. The van der Waals surface area contributed by atoms with Crippen LogP contribution in [0.2, 0.25) is 0 Å². The number of thiophene rings is 1. The molecule has 0 spiro atoms. The SMILES string of the molecule is COc1ccc(-n2c(-c3sc(Nc4ccccc4)c4c3CCCC4=O)nc3ccccc3c2=O)cc1. The maximum Gasteiger partial charge on any atom is 0.266 e. The number of rotatable bonds is 5. The van der Waals surface area contributed by atoms with E-state index in [2.05, 4.69) is 5.32 Å². The standard InChI is InChI=1S/C29H23N3O3S/c1-35-20-16-14-19(15-17-20)32-27(31-23-12-6-5-10-21(23)29(32)34)26-22-11-7-13-24(33)25(22)28(36-26)30-18-8-3-2-4-9-18/h2-6,8-10,12,14-17,30H,7,11,13H2,1H3. The van der Waals surface area contributed by atoms with Gasteiger partial charge < -0.3 is 10.1 Å². The van der Waals surface area contributed by atoms with E-state index in [1.54, 1.807) is 17.7 Å². The molecule has 1 aliphatic carbocycles. The molecule has 0 saturated carbocycles. The zero-order chi connectivity index (χ0) is 24.6. The van der Waals surface area contributed by atoms with Crippen molar-refractivity contribution in [1.29, 1.82) is 0 Å². The Hall–Kier alpha value is -4.23. The van der Waals surface area contributed by atoms with Crippen LogP contribution in [-0.2, 0) is 6.42 Å². The highest BCUT2D eigenvalue weighted by atomic mass is 32.1. The van der Waals surface area contributed by atoms with Crippen molar-refractivity contribution in [2.75, 3.05) is 12.4 Å². The van der Waals surface area contributed by atoms with Crippen LogP contribution in [-0.4, -0.2) is 22.4 Å². The average Bonchev–Trinajstić information content (AvgIpc) is 3.28. The number of methoxy groups -OCH3 is 1. The lowest BCUT2D eigenvalue weighted by molar-refractivity contribution is 0.0974. The van der Waals surface area contributed by atoms with E-state index in [-0.39, 0.29) is 11.3 Å². The molecule has 178 valence electrons. The van der Waals surface area contributed by atoms with Gasteiger partial charge in [-0.05, 0) is 66.9 Å². The number of carbonyl (C=O) groups is 1. The van der Waals surface area contributed by atoms with Crippen LogP contribution in [0.15, 0.2) is 83.7 Å². The van der Waals surface area contributed by atoms with Crippen molar-refractivity contribution in [2.24, 2.45) is 0 Å². The van der Waals surface area contributed by atoms with Gasteiger partial charge in [-0.3, -0.25) is 14.2 Å². The van der Waals surface area contributed by atoms with E-state index in [0.29, 0.717) is 40.1 Å². The molecule has 5 aromatic rings. The second-order valence-electron chi connectivity index (χ2n) is 8.67. The van der Waals surface area contributed by atoms with Crippen molar-refractivity contribution in [1.82, 2.24) is 9.55 Å². The van der Waals surface area contributed by atoms with Gasteiger partial charge in [0, 0.05) is 12.1 Å². The van der Waals surface area contributed by atoms with Crippen LogP contribution in [0.25, 0.3) is 27.3 Å². The summed E-state index contributed by atoms with van der Waals surface area (Å²) in [7, 11) is 1.61. The predicted octanol–water partition coefficient (Wildman–Crippen LogP) is 6.39.